The number of hydrogen-bond donors (Lipinski definition) is 1. The fourth-order valence-electron chi connectivity index (χ4n) is 3.12. The van der Waals surface area contributed by atoms with Gasteiger partial charge in [-0.05, 0) is 56.4 Å². The molecule has 1 heterocycles. The first-order valence-corrected chi connectivity index (χ1v) is 7.19. The van der Waals surface area contributed by atoms with Crippen LogP contribution in [0.2, 0.25) is 0 Å². The molecule has 1 unspecified atom stereocenters. The van der Waals surface area contributed by atoms with Gasteiger partial charge in [0.25, 0.3) is 0 Å². The molecular formula is C17H21NO. The van der Waals surface area contributed by atoms with E-state index in [-0.39, 0.29) is 6.10 Å². The number of aromatic nitrogens is 1. The van der Waals surface area contributed by atoms with Gasteiger partial charge in [0.15, 0.2) is 0 Å². The van der Waals surface area contributed by atoms with Crippen molar-refractivity contribution in [2.45, 2.75) is 45.6 Å². The van der Waals surface area contributed by atoms with Crippen molar-refractivity contribution in [3.05, 3.63) is 52.8 Å². The summed E-state index contributed by atoms with van der Waals surface area (Å²) in [5.74, 6) is 0. The highest BCUT2D eigenvalue weighted by Gasteiger charge is 2.23. The molecule has 2 aromatic rings. The number of rotatable bonds is 2. The summed E-state index contributed by atoms with van der Waals surface area (Å²) >= 11 is 0. The highest BCUT2D eigenvalue weighted by atomic mass is 16.3. The fraction of sp³-hybridized carbons (Fsp3) is 0.412. The smallest absolute Gasteiger partial charge is 0.0807 e. The molecule has 3 rings (SSSR count). The number of aliphatic hydroxyl groups is 1. The maximum atomic E-state index is 10.1. The molecule has 0 radical (unpaired) electrons. The molecule has 0 saturated carbocycles. The third kappa shape index (κ3) is 2.10. The van der Waals surface area contributed by atoms with Gasteiger partial charge in [-0.15, -0.1) is 0 Å². The summed E-state index contributed by atoms with van der Waals surface area (Å²) in [5, 5.41) is 10.1. The van der Waals surface area contributed by atoms with Crippen LogP contribution < -0.4 is 0 Å². The van der Waals surface area contributed by atoms with E-state index in [2.05, 4.69) is 48.7 Å². The van der Waals surface area contributed by atoms with E-state index < -0.39 is 0 Å². The number of aryl methyl sites for hydroxylation is 2. The van der Waals surface area contributed by atoms with Gasteiger partial charge in [0.05, 0.1) is 6.10 Å². The zero-order valence-corrected chi connectivity index (χ0v) is 11.7. The lowest BCUT2D eigenvalue weighted by Crippen LogP contribution is -2.11. The predicted octanol–water partition coefficient (Wildman–Crippen LogP) is 3.72. The van der Waals surface area contributed by atoms with E-state index >= 15 is 0 Å². The average molecular weight is 255 g/mol. The highest BCUT2D eigenvalue weighted by Crippen LogP contribution is 2.33. The molecule has 2 heteroatoms. The Morgan fingerprint density at radius 2 is 2.00 bits per heavy atom. The number of fused-ring (bicyclic) bond motifs is 1. The number of benzene rings is 1. The minimum Gasteiger partial charge on any atom is -0.388 e. The average Bonchev–Trinajstić information content (AvgIpc) is 2.77. The summed E-state index contributed by atoms with van der Waals surface area (Å²) in [4.78, 5) is 0. The van der Waals surface area contributed by atoms with Crippen LogP contribution >= 0.6 is 0 Å². The van der Waals surface area contributed by atoms with Gasteiger partial charge in [0.1, 0.15) is 0 Å². The molecule has 1 atom stereocenters. The molecule has 1 N–H and O–H groups in total. The Kier molecular flexibility index (Phi) is 3.19. The molecule has 0 bridgehead atoms. The van der Waals surface area contributed by atoms with Crippen molar-refractivity contribution in [3.63, 3.8) is 0 Å². The maximum absolute atomic E-state index is 10.1. The number of aliphatic hydroxyl groups excluding tert-OH is 1. The lowest BCUT2D eigenvalue weighted by Gasteiger charge is -2.20. The van der Waals surface area contributed by atoms with E-state index in [9.17, 15) is 5.11 Å². The molecule has 0 spiro atoms. The van der Waals surface area contributed by atoms with Crippen molar-refractivity contribution in [1.29, 1.82) is 0 Å². The largest absolute Gasteiger partial charge is 0.388 e. The van der Waals surface area contributed by atoms with Crippen LogP contribution in [0, 0.1) is 6.92 Å². The van der Waals surface area contributed by atoms with Crippen molar-refractivity contribution in [2.24, 2.45) is 0 Å². The molecule has 1 aromatic carbocycles. The summed E-state index contributed by atoms with van der Waals surface area (Å²) in [6, 6.07) is 10.9. The zero-order valence-electron chi connectivity index (χ0n) is 11.7. The van der Waals surface area contributed by atoms with Crippen LogP contribution in [-0.4, -0.2) is 9.67 Å². The zero-order chi connectivity index (χ0) is 13.4. The first-order valence-electron chi connectivity index (χ1n) is 7.19. The topological polar surface area (TPSA) is 25.2 Å². The van der Waals surface area contributed by atoms with E-state index in [0.717, 1.165) is 31.2 Å². The second kappa shape index (κ2) is 4.86. The van der Waals surface area contributed by atoms with Gasteiger partial charge in [-0.25, -0.2) is 0 Å². The molecule has 1 aliphatic carbocycles. The number of nitrogens with zero attached hydrogens (tertiary/aromatic N) is 1. The molecule has 2 nitrogen and oxygen atoms in total. The van der Waals surface area contributed by atoms with E-state index in [1.165, 1.54) is 22.6 Å². The van der Waals surface area contributed by atoms with Gasteiger partial charge < -0.3 is 9.67 Å². The summed E-state index contributed by atoms with van der Waals surface area (Å²) in [6.45, 7) is 4.30. The molecule has 0 amide bonds. The van der Waals surface area contributed by atoms with E-state index in [1.54, 1.807) is 0 Å². The predicted molar refractivity (Wildman–Crippen MR) is 77.8 cm³/mol. The minimum atomic E-state index is -0.279. The Labute approximate surface area is 114 Å². The highest BCUT2D eigenvalue weighted by molar-refractivity contribution is 5.44. The Hall–Kier alpha value is -1.54. The molecule has 0 saturated heterocycles. The molecule has 1 aliphatic rings. The summed E-state index contributed by atoms with van der Waals surface area (Å²) < 4.78 is 2.30. The maximum Gasteiger partial charge on any atom is 0.0807 e. The first kappa shape index (κ1) is 12.5. The fourth-order valence-corrected chi connectivity index (χ4v) is 3.12. The van der Waals surface area contributed by atoms with Gasteiger partial charge >= 0.3 is 0 Å². The van der Waals surface area contributed by atoms with Gasteiger partial charge in [-0.2, -0.15) is 0 Å². The van der Waals surface area contributed by atoms with Crippen LogP contribution in [0.4, 0.5) is 0 Å². The third-order valence-corrected chi connectivity index (χ3v) is 4.17. The van der Waals surface area contributed by atoms with Gasteiger partial charge in [0.2, 0.25) is 0 Å². The normalized spacial score (nSPS) is 18.4. The summed E-state index contributed by atoms with van der Waals surface area (Å²) in [6.07, 6.45) is 3.83. The molecule has 0 fully saturated rings. The Bertz CT molecular complexity index is 580. The molecule has 0 aliphatic heterocycles. The van der Waals surface area contributed by atoms with Gasteiger partial charge in [-0.3, -0.25) is 0 Å². The molecular weight excluding hydrogens is 234 g/mol. The SMILES string of the molecule is CCc1ccc(-n2c(C)cc3c2CCCC3O)cc1. The van der Waals surface area contributed by atoms with Crippen LogP contribution in [0.3, 0.4) is 0 Å². The van der Waals surface area contributed by atoms with Crippen molar-refractivity contribution >= 4 is 0 Å². The van der Waals surface area contributed by atoms with Crippen LogP contribution in [0.5, 0.6) is 0 Å². The van der Waals surface area contributed by atoms with E-state index in [1.807, 2.05) is 0 Å². The van der Waals surface area contributed by atoms with Gasteiger partial charge in [0, 0.05) is 22.6 Å². The second-order valence-corrected chi connectivity index (χ2v) is 5.45. The van der Waals surface area contributed by atoms with Crippen LogP contribution in [-0.2, 0) is 12.8 Å². The lowest BCUT2D eigenvalue weighted by atomic mass is 9.95. The van der Waals surface area contributed by atoms with Crippen molar-refractivity contribution in [1.82, 2.24) is 4.57 Å². The van der Waals surface area contributed by atoms with Crippen LogP contribution in [0.1, 0.15) is 48.4 Å². The molecule has 100 valence electrons. The monoisotopic (exact) mass is 255 g/mol. The third-order valence-electron chi connectivity index (χ3n) is 4.17. The minimum absolute atomic E-state index is 0.279. The van der Waals surface area contributed by atoms with Crippen molar-refractivity contribution < 1.29 is 5.11 Å². The van der Waals surface area contributed by atoms with Crippen molar-refractivity contribution in [2.75, 3.05) is 0 Å². The molecule has 1 aromatic heterocycles. The van der Waals surface area contributed by atoms with E-state index in [4.69, 9.17) is 0 Å². The Balaban J connectivity index is 2.09. The summed E-state index contributed by atoms with van der Waals surface area (Å²) in [5.41, 5.74) is 6.21. The Morgan fingerprint density at radius 3 is 2.68 bits per heavy atom. The van der Waals surface area contributed by atoms with Crippen molar-refractivity contribution in [3.8, 4) is 5.69 Å². The standard InChI is InChI=1S/C17H21NO/c1-3-13-7-9-14(10-8-13)18-12(2)11-15-16(18)5-4-6-17(15)19/h7-11,17,19H,3-6H2,1-2H3. The van der Waals surface area contributed by atoms with Gasteiger partial charge in [-0.1, -0.05) is 19.1 Å². The quantitative estimate of drug-likeness (QED) is 0.869. The number of hydrogen-bond acceptors (Lipinski definition) is 1. The summed E-state index contributed by atoms with van der Waals surface area (Å²) in [7, 11) is 0. The van der Waals surface area contributed by atoms with Crippen LogP contribution in [0.15, 0.2) is 30.3 Å². The second-order valence-electron chi connectivity index (χ2n) is 5.45. The first-order chi connectivity index (χ1) is 9.20. The molecule has 19 heavy (non-hydrogen) atoms. The van der Waals surface area contributed by atoms with Crippen LogP contribution in [0.25, 0.3) is 5.69 Å². The lowest BCUT2D eigenvalue weighted by molar-refractivity contribution is 0.156. The Morgan fingerprint density at radius 1 is 1.26 bits per heavy atom. The van der Waals surface area contributed by atoms with E-state index in [0.29, 0.717) is 0 Å².